The molecule has 0 amide bonds. The lowest BCUT2D eigenvalue weighted by Crippen LogP contribution is -2.42. The highest BCUT2D eigenvalue weighted by molar-refractivity contribution is 5.76. The lowest BCUT2D eigenvalue weighted by molar-refractivity contribution is -0.174. The second-order valence-corrected chi connectivity index (χ2v) is 7.81. The van der Waals surface area contributed by atoms with Crippen molar-refractivity contribution in [3.63, 3.8) is 0 Å². The molecule has 0 spiro atoms. The van der Waals surface area contributed by atoms with Crippen LogP contribution in [0.4, 0.5) is 0 Å². The van der Waals surface area contributed by atoms with Crippen LogP contribution in [-0.2, 0) is 9.53 Å². The fraction of sp³-hybridized carbons (Fsp3) is 0.941. The number of ether oxygens (including phenoxy) is 1. The third-order valence-electron chi connectivity index (χ3n) is 4.42. The van der Waals surface area contributed by atoms with Crippen molar-refractivity contribution in [2.45, 2.75) is 85.7 Å². The largest absolute Gasteiger partial charge is 0.459 e. The van der Waals surface area contributed by atoms with Crippen LogP contribution >= 0.6 is 0 Å². The first-order valence-electron chi connectivity index (χ1n) is 7.88. The minimum atomic E-state index is -0.375. The van der Waals surface area contributed by atoms with Gasteiger partial charge in [-0.15, -0.1) is 0 Å². The van der Waals surface area contributed by atoms with Gasteiger partial charge < -0.3 is 4.74 Å². The Kier molecular flexibility index (Phi) is 5.46. The maximum atomic E-state index is 12.4. The van der Waals surface area contributed by atoms with Crippen LogP contribution in [0.25, 0.3) is 0 Å². The van der Waals surface area contributed by atoms with E-state index in [0.717, 1.165) is 6.42 Å². The standard InChI is InChI=1S/C17H32O2/c1-13(2)12-16(3,4)15(18)19-17(5,6)14-10-8-7-9-11-14/h13-14H,7-12H2,1-6H3. The second kappa shape index (κ2) is 6.28. The molecular formula is C17H32O2. The summed E-state index contributed by atoms with van der Waals surface area (Å²) in [6.07, 6.45) is 7.17. The first-order chi connectivity index (χ1) is 8.65. The summed E-state index contributed by atoms with van der Waals surface area (Å²) in [5, 5.41) is 0. The quantitative estimate of drug-likeness (QED) is 0.659. The van der Waals surface area contributed by atoms with E-state index in [1.807, 2.05) is 13.8 Å². The summed E-state index contributed by atoms with van der Waals surface area (Å²) in [6.45, 7) is 12.5. The zero-order valence-corrected chi connectivity index (χ0v) is 13.7. The minimum Gasteiger partial charge on any atom is -0.459 e. The van der Waals surface area contributed by atoms with E-state index in [0.29, 0.717) is 11.8 Å². The molecule has 1 rings (SSSR count). The van der Waals surface area contributed by atoms with E-state index in [4.69, 9.17) is 4.74 Å². The Morgan fingerprint density at radius 3 is 2.11 bits per heavy atom. The molecular weight excluding hydrogens is 236 g/mol. The van der Waals surface area contributed by atoms with Crippen molar-refractivity contribution in [1.29, 1.82) is 0 Å². The molecule has 0 bridgehead atoms. The minimum absolute atomic E-state index is 0.0308. The van der Waals surface area contributed by atoms with Gasteiger partial charge in [0.1, 0.15) is 5.60 Å². The Balaban J connectivity index is 2.63. The average molecular weight is 268 g/mol. The first-order valence-corrected chi connectivity index (χ1v) is 7.88. The van der Waals surface area contributed by atoms with Gasteiger partial charge in [0.15, 0.2) is 0 Å². The maximum absolute atomic E-state index is 12.4. The molecule has 19 heavy (non-hydrogen) atoms. The predicted octanol–water partition coefficient (Wildman–Crippen LogP) is 4.96. The zero-order chi connectivity index (χ0) is 14.7. The van der Waals surface area contributed by atoms with Crippen LogP contribution in [0, 0.1) is 17.3 Å². The summed E-state index contributed by atoms with van der Waals surface area (Å²) >= 11 is 0. The number of esters is 1. The number of carbonyl (C=O) groups is 1. The molecule has 1 aliphatic rings. The molecule has 0 saturated heterocycles. The second-order valence-electron chi connectivity index (χ2n) is 7.81. The maximum Gasteiger partial charge on any atom is 0.312 e. The Bertz CT molecular complexity index is 296. The Labute approximate surface area is 119 Å². The van der Waals surface area contributed by atoms with Crippen LogP contribution in [0.2, 0.25) is 0 Å². The summed E-state index contributed by atoms with van der Waals surface area (Å²) in [5.74, 6) is 1.01. The van der Waals surface area contributed by atoms with Crippen molar-refractivity contribution in [3.05, 3.63) is 0 Å². The molecule has 0 aromatic carbocycles. The SMILES string of the molecule is CC(C)CC(C)(C)C(=O)OC(C)(C)C1CCCCC1. The molecule has 0 atom stereocenters. The lowest BCUT2D eigenvalue weighted by Gasteiger charge is -2.39. The van der Waals surface area contributed by atoms with Crippen LogP contribution in [0.1, 0.15) is 80.1 Å². The predicted molar refractivity (Wildman–Crippen MR) is 80.0 cm³/mol. The van der Waals surface area contributed by atoms with Gasteiger partial charge in [-0.2, -0.15) is 0 Å². The van der Waals surface area contributed by atoms with Gasteiger partial charge in [0.2, 0.25) is 0 Å². The summed E-state index contributed by atoms with van der Waals surface area (Å²) < 4.78 is 5.90. The highest BCUT2D eigenvalue weighted by Gasteiger charge is 2.38. The monoisotopic (exact) mass is 268 g/mol. The normalized spacial score (nSPS) is 18.7. The van der Waals surface area contributed by atoms with E-state index in [1.165, 1.54) is 32.1 Å². The van der Waals surface area contributed by atoms with Crippen LogP contribution in [0.3, 0.4) is 0 Å². The van der Waals surface area contributed by atoms with Gasteiger partial charge in [-0.25, -0.2) is 0 Å². The molecule has 0 heterocycles. The molecule has 1 saturated carbocycles. The van der Waals surface area contributed by atoms with Crippen molar-refractivity contribution >= 4 is 5.97 Å². The van der Waals surface area contributed by atoms with Crippen LogP contribution in [0.15, 0.2) is 0 Å². The van der Waals surface area contributed by atoms with Gasteiger partial charge in [0.25, 0.3) is 0 Å². The van der Waals surface area contributed by atoms with Crippen LogP contribution < -0.4 is 0 Å². The molecule has 0 aromatic rings. The van der Waals surface area contributed by atoms with E-state index in [9.17, 15) is 4.79 Å². The van der Waals surface area contributed by atoms with Gasteiger partial charge in [-0.1, -0.05) is 33.1 Å². The third-order valence-corrected chi connectivity index (χ3v) is 4.42. The van der Waals surface area contributed by atoms with Crippen molar-refractivity contribution in [3.8, 4) is 0 Å². The fourth-order valence-corrected chi connectivity index (χ4v) is 3.36. The third kappa shape index (κ3) is 4.81. The van der Waals surface area contributed by atoms with Crippen molar-refractivity contribution < 1.29 is 9.53 Å². The molecule has 0 radical (unpaired) electrons. The Hall–Kier alpha value is -0.530. The van der Waals surface area contributed by atoms with Crippen LogP contribution in [-0.4, -0.2) is 11.6 Å². The summed E-state index contributed by atoms with van der Waals surface area (Å²) in [6, 6.07) is 0. The molecule has 2 nitrogen and oxygen atoms in total. The zero-order valence-electron chi connectivity index (χ0n) is 13.7. The summed E-state index contributed by atoms with van der Waals surface area (Å²) in [5.41, 5.74) is -0.689. The molecule has 0 unspecified atom stereocenters. The Morgan fingerprint density at radius 1 is 1.11 bits per heavy atom. The number of hydrogen-bond donors (Lipinski definition) is 0. The molecule has 0 aliphatic heterocycles. The van der Waals surface area contributed by atoms with E-state index in [1.54, 1.807) is 0 Å². The Morgan fingerprint density at radius 2 is 1.63 bits per heavy atom. The highest BCUT2D eigenvalue weighted by Crippen LogP contribution is 2.37. The van der Waals surface area contributed by atoms with E-state index in [2.05, 4.69) is 27.7 Å². The summed E-state index contributed by atoms with van der Waals surface area (Å²) in [4.78, 5) is 12.4. The van der Waals surface area contributed by atoms with Gasteiger partial charge in [-0.3, -0.25) is 4.79 Å². The van der Waals surface area contributed by atoms with Gasteiger partial charge in [-0.05, 0) is 58.8 Å². The van der Waals surface area contributed by atoms with Gasteiger partial charge in [0.05, 0.1) is 5.41 Å². The van der Waals surface area contributed by atoms with E-state index in [-0.39, 0.29) is 17.0 Å². The topological polar surface area (TPSA) is 26.3 Å². The molecule has 1 fully saturated rings. The average Bonchev–Trinajstić information content (AvgIpc) is 2.28. The fourth-order valence-electron chi connectivity index (χ4n) is 3.36. The number of hydrogen-bond acceptors (Lipinski definition) is 2. The number of carbonyl (C=O) groups excluding carboxylic acids is 1. The number of rotatable bonds is 5. The summed E-state index contributed by atoms with van der Waals surface area (Å²) in [7, 11) is 0. The molecule has 2 heteroatoms. The molecule has 0 aromatic heterocycles. The molecule has 0 N–H and O–H groups in total. The highest BCUT2D eigenvalue weighted by atomic mass is 16.6. The van der Waals surface area contributed by atoms with Crippen molar-refractivity contribution in [1.82, 2.24) is 0 Å². The van der Waals surface area contributed by atoms with Crippen molar-refractivity contribution in [2.24, 2.45) is 17.3 Å². The van der Waals surface area contributed by atoms with Crippen LogP contribution in [0.5, 0.6) is 0 Å². The molecule has 112 valence electrons. The van der Waals surface area contributed by atoms with E-state index >= 15 is 0 Å². The van der Waals surface area contributed by atoms with Crippen molar-refractivity contribution in [2.75, 3.05) is 0 Å². The molecule has 1 aliphatic carbocycles. The van der Waals surface area contributed by atoms with Gasteiger partial charge >= 0.3 is 5.97 Å². The lowest BCUT2D eigenvalue weighted by atomic mass is 9.78. The smallest absolute Gasteiger partial charge is 0.312 e. The van der Waals surface area contributed by atoms with Gasteiger partial charge in [0, 0.05) is 0 Å². The van der Waals surface area contributed by atoms with E-state index < -0.39 is 0 Å². The first kappa shape index (κ1) is 16.5.